The molecule has 0 aliphatic carbocycles. The average Bonchev–Trinajstić information content (AvgIpc) is 3.13. The molecule has 3 heterocycles. The Bertz CT molecular complexity index is 1440. The second-order valence-electron chi connectivity index (χ2n) is 8.44. The van der Waals surface area contributed by atoms with Gasteiger partial charge in [0.05, 0.1) is 33.4 Å². The molecular formula is C22H21F4N5O3. The number of benzene rings is 1. The van der Waals surface area contributed by atoms with Crippen molar-refractivity contribution in [2.24, 2.45) is 0 Å². The highest BCUT2D eigenvalue weighted by atomic mass is 19.4. The van der Waals surface area contributed by atoms with Gasteiger partial charge in [-0.1, -0.05) is 0 Å². The van der Waals surface area contributed by atoms with E-state index in [2.05, 4.69) is 25.3 Å². The van der Waals surface area contributed by atoms with Gasteiger partial charge in [-0.3, -0.25) is 4.79 Å². The largest absolute Gasteiger partial charge is 0.490 e. The monoisotopic (exact) mass is 479 g/mol. The third kappa shape index (κ3) is 5.33. The second kappa shape index (κ2) is 8.76. The highest BCUT2D eigenvalue weighted by Crippen LogP contribution is 2.32. The molecule has 0 bridgehead atoms. The topological polar surface area (TPSA) is 124 Å². The number of pyridine rings is 1. The first-order valence-electron chi connectivity index (χ1n) is 9.93. The van der Waals surface area contributed by atoms with Gasteiger partial charge in [0.1, 0.15) is 17.2 Å². The first-order valence-corrected chi connectivity index (χ1v) is 9.93. The molecule has 0 aliphatic rings. The summed E-state index contributed by atoms with van der Waals surface area (Å²) in [6.07, 6.45) is -3.53. The summed E-state index contributed by atoms with van der Waals surface area (Å²) in [5.74, 6) is -2.58. The quantitative estimate of drug-likeness (QED) is 0.308. The zero-order valence-corrected chi connectivity index (χ0v) is 18.6. The van der Waals surface area contributed by atoms with Crippen LogP contribution < -0.4 is 10.9 Å². The Kier molecular flexibility index (Phi) is 6.36. The van der Waals surface area contributed by atoms with Gasteiger partial charge in [0, 0.05) is 11.7 Å². The van der Waals surface area contributed by atoms with Gasteiger partial charge in [0.15, 0.2) is 0 Å². The third-order valence-electron chi connectivity index (χ3n) is 4.52. The molecule has 0 unspecified atom stereocenters. The number of nitrogens with one attached hydrogen (secondary N) is 3. The molecule has 0 saturated heterocycles. The molecule has 1 aromatic carbocycles. The lowest BCUT2D eigenvalue weighted by molar-refractivity contribution is -0.192. The van der Waals surface area contributed by atoms with Crippen molar-refractivity contribution in [2.75, 3.05) is 5.32 Å². The van der Waals surface area contributed by atoms with E-state index in [4.69, 9.17) is 9.90 Å². The molecule has 0 atom stereocenters. The zero-order valence-electron chi connectivity index (χ0n) is 18.6. The molecule has 34 heavy (non-hydrogen) atoms. The highest BCUT2D eigenvalue weighted by molar-refractivity contribution is 5.95. The number of halogens is 4. The van der Waals surface area contributed by atoms with E-state index in [1.165, 1.54) is 6.07 Å². The number of anilines is 1. The minimum absolute atomic E-state index is 0.213. The number of nitrogens with zero attached hydrogens (tertiary/aromatic N) is 2. The Balaban J connectivity index is 0.000000406. The number of aliphatic carboxylic acids is 1. The van der Waals surface area contributed by atoms with E-state index >= 15 is 0 Å². The van der Waals surface area contributed by atoms with Crippen LogP contribution in [0, 0.1) is 12.7 Å². The molecule has 12 heteroatoms. The lowest BCUT2D eigenvalue weighted by Gasteiger charge is -2.22. The number of carboxylic acids is 1. The number of alkyl halides is 3. The number of aromatic amines is 2. The molecule has 180 valence electrons. The normalized spacial score (nSPS) is 11.9. The lowest BCUT2D eigenvalue weighted by atomic mass is 10.1. The van der Waals surface area contributed by atoms with Crippen LogP contribution in [0.15, 0.2) is 35.3 Å². The van der Waals surface area contributed by atoms with Crippen molar-refractivity contribution in [1.82, 2.24) is 19.9 Å². The summed E-state index contributed by atoms with van der Waals surface area (Å²) in [4.78, 5) is 35.9. The van der Waals surface area contributed by atoms with Crippen LogP contribution in [0.3, 0.4) is 0 Å². The van der Waals surface area contributed by atoms with Crippen LogP contribution in [0.4, 0.5) is 23.4 Å². The number of rotatable bonds is 2. The van der Waals surface area contributed by atoms with Crippen LogP contribution in [0.2, 0.25) is 0 Å². The van der Waals surface area contributed by atoms with Gasteiger partial charge in [-0.05, 0) is 52.0 Å². The fourth-order valence-electron chi connectivity index (χ4n) is 3.12. The number of aryl methyl sites for hydroxylation is 1. The van der Waals surface area contributed by atoms with Crippen LogP contribution in [0.5, 0.6) is 0 Å². The molecule has 0 radical (unpaired) electrons. The van der Waals surface area contributed by atoms with E-state index in [-0.39, 0.29) is 11.1 Å². The maximum absolute atomic E-state index is 14.8. The number of fused-ring (bicyclic) bond motifs is 2. The zero-order chi connectivity index (χ0) is 25.4. The molecule has 0 spiro atoms. The first-order chi connectivity index (χ1) is 15.7. The molecule has 4 aromatic rings. The fraction of sp³-hybridized carbons (Fsp3) is 0.273. The van der Waals surface area contributed by atoms with Gasteiger partial charge >= 0.3 is 12.1 Å². The predicted octanol–water partition coefficient (Wildman–Crippen LogP) is 4.76. The number of H-pyrrole nitrogens is 2. The van der Waals surface area contributed by atoms with Crippen LogP contribution in [-0.2, 0) is 4.79 Å². The van der Waals surface area contributed by atoms with Crippen LogP contribution in [0.25, 0.3) is 33.2 Å². The molecule has 8 nitrogen and oxygen atoms in total. The van der Waals surface area contributed by atoms with Crippen molar-refractivity contribution >= 4 is 33.7 Å². The Hall–Kier alpha value is -3.96. The molecular weight excluding hydrogens is 458 g/mol. The summed E-state index contributed by atoms with van der Waals surface area (Å²) in [7, 11) is 0. The maximum Gasteiger partial charge on any atom is 0.490 e. The van der Waals surface area contributed by atoms with E-state index in [0.29, 0.717) is 39.0 Å². The summed E-state index contributed by atoms with van der Waals surface area (Å²) in [5.41, 5.74) is 2.76. The Morgan fingerprint density at radius 3 is 2.32 bits per heavy atom. The number of carbonyl (C=O) groups is 1. The molecule has 3 aromatic heterocycles. The van der Waals surface area contributed by atoms with Crippen molar-refractivity contribution in [1.29, 1.82) is 0 Å². The third-order valence-corrected chi connectivity index (χ3v) is 4.52. The number of carboxylic acid groups (broad SMARTS) is 1. The van der Waals surface area contributed by atoms with Gasteiger partial charge in [0.2, 0.25) is 0 Å². The summed E-state index contributed by atoms with van der Waals surface area (Å²) in [6.45, 7) is 7.93. The number of hydrogen-bond acceptors (Lipinski definition) is 5. The summed E-state index contributed by atoms with van der Waals surface area (Å²) < 4.78 is 46.5. The molecule has 0 amide bonds. The summed E-state index contributed by atoms with van der Waals surface area (Å²) in [5, 5.41) is 10.9. The number of aromatic nitrogens is 4. The molecule has 0 saturated carbocycles. The smallest absolute Gasteiger partial charge is 0.475 e. The minimum Gasteiger partial charge on any atom is -0.475 e. The van der Waals surface area contributed by atoms with Crippen molar-refractivity contribution in [3.8, 4) is 11.3 Å². The van der Waals surface area contributed by atoms with Crippen molar-refractivity contribution in [2.45, 2.75) is 39.4 Å². The van der Waals surface area contributed by atoms with E-state index < -0.39 is 18.0 Å². The van der Waals surface area contributed by atoms with Crippen LogP contribution >= 0.6 is 0 Å². The minimum atomic E-state index is -5.08. The van der Waals surface area contributed by atoms with E-state index in [1.807, 2.05) is 27.7 Å². The maximum atomic E-state index is 14.8. The fourth-order valence-corrected chi connectivity index (χ4v) is 3.12. The second-order valence-corrected chi connectivity index (χ2v) is 8.44. The molecule has 4 rings (SSSR count). The van der Waals surface area contributed by atoms with Crippen LogP contribution in [0.1, 0.15) is 26.5 Å². The van der Waals surface area contributed by atoms with Gasteiger partial charge in [-0.15, -0.1) is 0 Å². The molecule has 0 aliphatic heterocycles. The van der Waals surface area contributed by atoms with E-state index in [9.17, 15) is 22.4 Å². The van der Waals surface area contributed by atoms with E-state index in [0.717, 1.165) is 5.69 Å². The van der Waals surface area contributed by atoms with Gasteiger partial charge in [0.25, 0.3) is 5.56 Å². The summed E-state index contributed by atoms with van der Waals surface area (Å²) in [6, 6.07) is 6.37. The van der Waals surface area contributed by atoms with Crippen molar-refractivity contribution < 1.29 is 27.5 Å². The highest BCUT2D eigenvalue weighted by Gasteiger charge is 2.38. The Morgan fingerprint density at radius 1 is 1.12 bits per heavy atom. The summed E-state index contributed by atoms with van der Waals surface area (Å²) >= 11 is 0. The Labute approximate surface area is 190 Å². The number of hydrogen-bond donors (Lipinski definition) is 4. The molecule has 0 fully saturated rings. The SMILES string of the molecule is Cc1nc2ccc(F)c(-c3cc4c(=O)[nH]ccc4[nH]3)c2nc1NC(C)(C)C.O=C(O)C(F)(F)F. The predicted molar refractivity (Wildman–Crippen MR) is 119 cm³/mol. The first kappa shape index (κ1) is 24.7. The van der Waals surface area contributed by atoms with Gasteiger partial charge in [-0.25, -0.2) is 19.2 Å². The average molecular weight is 479 g/mol. The molecule has 4 N–H and O–H groups in total. The Morgan fingerprint density at radius 2 is 1.76 bits per heavy atom. The standard InChI is InChI=1S/C20H20FN5O.C2HF3O2/c1-10-18(26-20(2,3)4)25-17-14(23-10)6-5-12(21)16(17)15-9-11-13(24-15)7-8-22-19(11)27;3-2(4,5)1(6)7/h5-9,24H,1-4H3,(H,22,27)(H,25,26);(H,6,7). The van der Waals surface area contributed by atoms with Gasteiger partial charge < -0.3 is 20.4 Å². The van der Waals surface area contributed by atoms with Crippen LogP contribution in [-0.4, -0.2) is 42.7 Å². The van der Waals surface area contributed by atoms with Crippen molar-refractivity contribution in [3.05, 3.63) is 52.3 Å². The van der Waals surface area contributed by atoms with E-state index in [1.54, 1.807) is 24.4 Å². The lowest BCUT2D eigenvalue weighted by Crippen LogP contribution is -2.27. The van der Waals surface area contributed by atoms with Gasteiger partial charge in [-0.2, -0.15) is 13.2 Å². The van der Waals surface area contributed by atoms with Crippen molar-refractivity contribution in [3.63, 3.8) is 0 Å².